The normalized spacial score (nSPS) is 11.8. The number of hydrogen-bond acceptors (Lipinski definition) is 2. The second kappa shape index (κ2) is 8.55. The Morgan fingerprint density at radius 3 is 2.70 bits per heavy atom. The zero-order valence-electron chi connectivity index (χ0n) is 11.8. The fraction of sp³-hybridized carbons (Fsp3) is 0.429. The summed E-state index contributed by atoms with van der Waals surface area (Å²) in [6.07, 6.45) is 0.831. The summed E-state index contributed by atoms with van der Waals surface area (Å²) in [5.74, 6) is -0.322. The number of nitrogens with two attached hydrogens (primary N) is 1. The third kappa shape index (κ3) is 5.59. The van der Waals surface area contributed by atoms with Crippen molar-refractivity contribution < 1.29 is 14.9 Å². The van der Waals surface area contributed by atoms with Crippen LogP contribution < -0.4 is 16.0 Å². The van der Waals surface area contributed by atoms with Crippen molar-refractivity contribution in [3.63, 3.8) is 0 Å². The molecule has 0 spiro atoms. The predicted molar refractivity (Wildman–Crippen MR) is 78.5 cm³/mol. The van der Waals surface area contributed by atoms with E-state index in [0.717, 1.165) is 12.0 Å². The molecule has 0 heterocycles. The molecule has 6 heteroatoms. The Hall–Kier alpha value is -1.59. The number of rotatable bonds is 6. The minimum atomic E-state index is -0.448. The van der Waals surface area contributed by atoms with Crippen LogP contribution in [0.5, 0.6) is 0 Å². The number of hydrogen-bond donors (Lipinski definition) is 3. The summed E-state index contributed by atoms with van der Waals surface area (Å²) in [4.78, 5) is 22.9. The van der Waals surface area contributed by atoms with Gasteiger partial charge in [0.05, 0.1) is 0 Å². The van der Waals surface area contributed by atoms with Crippen molar-refractivity contribution in [3.8, 4) is 0 Å². The van der Waals surface area contributed by atoms with Gasteiger partial charge in [-0.1, -0.05) is 36.7 Å². The van der Waals surface area contributed by atoms with E-state index in [9.17, 15) is 9.59 Å². The Balaban J connectivity index is 2.37. The summed E-state index contributed by atoms with van der Waals surface area (Å²) in [6.45, 7) is 4.64. The van der Waals surface area contributed by atoms with Crippen molar-refractivity contribution in [1.29, 1.82) is 0 Å². The lowest BCUT2D eigenvalue weighted by Gasteiger charge is -2.12. The quantitative estimate of drug-likeness (QED) is 0.738. The molecule has 0 unspecified atom stereocenters. The van der Waals surface area contributed by atoms with Gasteiger partial charge in [0.2, 0.25) is 0 Å². The SMILES string of the molecule is CCCNC(=O)NC(=O)C[NH2+][C@H](C)c1ccccc1Cl. The second-order valence-corrected chi connectivity index (χ2v) is 4.96. The fourth-order valence-corrected chi connectivity index (χ4v) is 2.02. The van der Waals surface area contributed by atoms with Crippen LogP contribution in [0.4, 0.5) is 4.79 Å². The molecule has 1 rings (SSSR count). The summed E-state index contributed by atoms with van der Waals surface area (Å²) < 4.78 is 0. The molecule has 5 nitrogen and oxygen atoms in total. The molecule has 1 atom stereocenters. The van der Waals surface area contributed by atoms with Crippen LogP contribution in [0.1, 0.15) is 31.9 Å². The maximum absolute atomic E-state index is 11.6. The highest BCUT2D eigenvalue weighted by Crippen LogP contribution is 2.19. The van der Waals surface area contributed by atoms with E-state index in [1.54, 1.807) is 0 Å². The van der Waals surface area contributed by atoms with E-state index in [2.05, 4.69) is 10.6 Å². The van der Waals surface area contributed by atoms with E-state index < -0.39 is 6.03 Å². The number of carbonyl (C=O) groups is 2. The molecule has 0 bridgehead atoms. The van der Waals surface area contributed by atoms with Gasteiger partial charge in [0.15, 0.2) is 6.54 Å². The van der Waals surface area contributed by atoms with Crippen LogP contribution in [-0.4, -0.2) is 25.0 Å². The van der Waals surface area contributed by atoms with Gasteiger partial charge < -0.3 is 10.6 Å². The molecule has 0 aliphatic carbocycles. The molecule has 110 valence electrons. The van der Waals surface area contributed by atoms with Crippen molar-refractivity contribution in [2.24, 2.45) is 0 Å². The van der Waals surface area contributed by atoms with Crippen LogP contribution in [0, 0.1) is 0 Å². The molecule has 20 heavy (non-hydrogen) atoms. The fourth-order valence-electron chi connectivity index (χ4n) is 1.72. The van der Waals surface area contributed by atoms with E-state index in [4.69, 9.17) is 11.6 Å². The molecule has 1 aromatic carbocycles. The molecule has 0 saturated carbocycles. The third-order valence-corrected chi connectivity index (χ3v) is 3.19. The van der Waals surface area contributed by atoms with E-state index in [1.165, 1.54) is 0 Å². The molecule has 0 aliphatic heterocycles. The molecule has 3 amide bonds. The third-order valence-electron chi connectivity index (χ3n) is 2.84. The summed E-state index contributed by atoms with van der Waals surface area (Å²) in [6, 6.07) is 7.12. The number of urea groups is 1. The molecule has 0 aromatic heterocycles. The largest absolute Gasteiger partial charge is 0.338 e. The average molecular weight is 299 g/mol. The zero-order chi connectivity index (χ0) is 15.0. The highest BCUT2D eigenvalue weighted by Gasteiger charge is 2.15. The van der Waals surface area contributed by atoms with Crippen LogP contribution in [0.15, 0.2) is 24.3 Å². The second-order valence-electron chi connectivity index (χ2n) is 4.55. The lowest BCUT2D eigenvalue weighted by Crippen LogP contribution is -2.87. The summed E-state index contributed by atoms with van der Waals surface area (Å²) in [5.41, 5.74) is 0.970. The van der Waals surface area contributed by atoms with Crippen molar-refractivity contribution in [2.45, 2.75) is 26.3 Å². The lowest BCUT2D eigenvalue weighted by molar-refractivity contribution is -0.682. The molecule has 0 radical (unpaired) electrons. The molecular formula is C14H21ClN3O2+. The van der Waals surface area contributed by atoms with Crippen LogP contribution in [0.3, 0.4) is 0 Å². The van der Waals surface area contributed by atoms with E-state index in [0.29, 0.717) is 11.6 Å². The molecular weight excluding hydrogens is 278 g/mol. The van der Waals surface area contributed by atoms with Gasteiger partial charge in [-0.25, -0.2) is 4.79 Å². The summed E-state index contributed by atoms with van der Waals surface area (Å²) in [5, 5.41) is 7.38. The smallest absolute Gasteiger partial charge is 0.321 e. The van der Waals surface area contributed by atoms with E-state index in [-0.39, 0.29) is 18.5 Å². The number of quaternary nitrogens is 1. The monoisotopic (exact) mass is 298 g/mol. The van der Waals surface area contributed by atoms with Crippen LogP contribution in [0.2, 0.25) is 5.02 Å². The number of amides is 3. The van der Waals surface area contributed by atoms with Crippen molar-refractivity contribution in [1.82, 2.24) is 10.6 Å². The van der Waals surface area contributed by atoms with Crippen LogP contribution in [0.25, 0.3) is 0 Å². The van der Waals surface area contributed by atoms with Gasteiger partial charge in [-0.15, -0.1) is 0 Å². The molecule has 1 aromatic rings. The maximum Gasteiger partial charge on any atom is 0.321 e. The van der Waals surface area contributed by atoms with Gasteiger partial charge in [-0.2, -0.15) is 0 Å². The topological polar surface area (TPSA) is 74.8 Å². The van der Waals surface area contributed by atoms with Gasteiger partial charge in [-0.3, -0.25) is 10.1 Å². The Morgan fingerprint density at radius 2 is 2.05 bits per heavy atom. The molecule has 4 N–H and O–H groups in total. The predicted octanol–water partition coefficient (Wildman–Crippen LogP) is 1.20. The van der Waals surface area contributed by atoms with Gasteiger partial charge in [0.1, 0.15) is 6.04 Å². The molecule has 0 aliphatic rings. The number of carbonyl (C=O) groups excluding carboxylic acids is 2. The number of imide groups is 1. The Bertz CT molecular complexity index is 465. The van der Waals surface area contributed by atoms with Gasteiger partial charge in [0, 0.05) is 17.1 Å². The average Bonchev–Trinajstić information content (AvgIpc) is 2.43. The Morgan fingerprint density at radius 1 is 1.35 bits per heavy atom. The zero-order valence-corrected chi connectivity index (χ0v) is 12.5. The summed E-state index contributed by atoms with van der Waals surface area (Å²) >= 11 is 6.09. The lowest BCUT2D eigenvalue weighted by atomic mass is 10.1. The van der Waals surface area contributed by atoms with Crippen molar-refractivity contribution >= 4 is 23.5 Å². The Labute approximate surface area is 124 Å². The number of halogens is 1. The van der Waals surface area contributed by atoms with E-state index >= 15 is 0 Å². The number of benzene rings is 1. The van der Waals surface area contributed by atoms with Crippen LogP contribution in [-0.2, 0) is 4.79 Å². The minimum absolute atomic E-state index is 0.0492. The van der Waals surface area contributed by atoms with Gasteiger partial charge in [0.25, 0.3) is 5.91 Å². The van der Waals surface area contributed by atoms with E-state index in [1.807, 2.05) is 43.4 Å². The first-order valence-corrected chi connectivity index (χ1v) is 7.07. The molecule has 0 saturated heterocycles. The standard InChI is InChI=1S/C14H20ClN3O2/c1-3-8-16-14(20)18-13(19)9-17-10(2)11-6-4-5-7-12(11)15/h4-7,10,17H,3,8-9H2,1-2H3,(H2,16,18,19,20)/p+1/t10-/m1/s1. The van der Waals surface area contributed by atoms with Crippen LogP contribution >= 0.6 is 11.6 Å². The van der Waals surface area contributed by atoms with Crippen molar-refractivity contribution in [3.05, 3.63) is 34.9 Å². The summed E-state index contributed by atoms with van der Waals surface area (Å²) in [7, 11) is 0. The number of nitrogens with one attached hydrogen (secondary N) is 2. The molecule has 0 fully saturated rings. The minimum Gasteiger partial charge on any atom is -0.338 e. The maximum atomic E-state index is 11.6. The van der Waals surface area contributed by atoms with Crippen molar-refractivity contribution in [2.75, 3.05) is 13.1 Å². The first kappa shape index (κ1) is 16.5. The highest BCUT2D eigenvalue weighted by atomic mass is 35.5. The van der Waals surface area contributed by atoms with Gasteiger partial charge >= 0.3 is 6.03 Å². The first-order chi connectivity index (χ1) is 9.54. The first-order valence-electron chi connectivity index (χ1n) is 6.70. The van der Waals surface area contributed by atoms with Gasteiger partial charge in [-0.05, 0) is 19.4 Å². The highest BCUT2D eigenvalue weighted by molar-refractivity contribution is 6.31. The Kier molecular flexibility index (Phi) is 7.04.